The van der Waals surface area contributed by atoms with Gasteiger partial charge in [0.05, 0.1) is 11.5 Å². The third-order valence-corrected chi connectivity index (χ3v) is 4.34. The Morgan fingerprint density at radius 3 is 2.96 bits per heavy atom. The Morgan fingerprint density at radius 2 is 2.20 bits per heavy atom. The fraction of sp³-hybridized carbons (Fsp3) is 0.412. The van der Waals surface area contributed by atoms with E-state index in [1.165, 1.54) is 10.7 Å². The minimum atomic E-state index is -0.460. The van der Waals surface area contributed by atoms with Crippen molar-refractivity contribution >= 4 is 11.6 Å². The van der Waals surface area contributed by atoms with E-state index >= 15 is 0 Å². The normalized spacial score (nSPS) is 17.5. The number of ether oxygens (including phenoxy) is 1. The zero-order chi connectivity index (χ0) is 17.8. The Morgan fingerprint density at radius 1 is 1.40 bits per heavy atom. The van der Waals surface area contributed by atoms with E-state index in [4.69, 9.17) is 4.74 Å². The molecule has 2 heterocycles. The number of nitro benzene ring substituents is 1. The van der Waals surface area contributed by atoms with Gasteiger partial charge in [-0.1, -0.05) is 12.1 Å². The van der Waals surface area contributed by atoms with E-state index in [-0.39, 0.29) is 17.3 Å². The van der Waals surface area contributed by atoms with Crippen molar-refractivity contribution in [1.29, 1.82) is 0 Å². The van der Waals surface area contributed by atoms with Crippen LogP contribution in [0, 0.1) is 16.0 Å². The van der Waals surface area contributed by atoms with E-state index in [0.717, 1.165) is 12.8 Å². The van der Waals surface area contributed by atoms with Gasteiger partial charge in [-0.2, -0.15) is 5.10 Å². The highest BCUT2D eigenvalue weighted by atomic mass is 16.6. The van der Waals surface area contributed by atoms with Crippen LogP contribution < -0.4 is 0 Å². The van der Waals surface area contributed by atoms with Crippen molar-refractivity contribution in [3.05, 3.63) is 52.3 Å². The quantitative estimate of drug-likeness (QED) is 0.613. The lowest BCUT2D eigenvalue weighted by atomic mass is 9.99. The molecule has 3 rings (SSSR count). The number of amides is 1. The maximum atomic E-state index is 12.7. The number of nitrogens with zero attached hydrogens (tertiary/aromatic N) is 4. The van der Waals surface area contributed by atoms with Gasteiger partial charge in [-0.3, -0.25) is 14.9 Å². The summed E-state index contributed by atoms with van der Waals surface area (Å²) in [6, 6.07) is 7.92. The zero-order valence-corrected chi connectivity index (χ0v) is 14.0. The van der Waals surface area contributed by atoms with Gasteiger partial charge in [-0.25, -0.2) is 4.68 Å². The second kappa shape index (κ2) is 7.43. The largest absolute Gasteiger partial charge is 0.384 e. The first-order valence-electron chi connectivity index (χ1n) is 8.18. The summed E-state index contributed by atoms with van der Waals surface area (Å²) >= 11 is 0. The SMILES string of the molecule is COC[C@@H]1CCCN(C(=O)c2ccn(-c3ccccc3[N+](=O)[O-])n2)C1. The lowest BCUT2D eigenvalue weighted by Gasteiger charge is -2.31. The van der Waals surface area contributed by atoms with Gasteiger partial charge >= 0.3 is 0 Å². The second-order valence-corrected chi connectivity index (χ2v) is 6.11. The Bertz CT molecular complexity index is 772. The maximum Gasteiger partial charge on any atom is 0.294 e. The van der Waals surface area contributed by atoms with E-state index in [2.05, 4.69) is 5.10 Å². The number of carbonyl (C=O) groups is 1. The second-order valence-electron chi connectivity index (χ2n) is 6.11. The van der Waals surface area contributed by atoms with Crippen LogP contribution in [0.15, 0.2) is 36.5 Å². The van der Waals surface area contributed by atoms with Crippen LogP contribution in [-0.2, 0) is 4.74 Å². The molecule has 1 fully saturated rings. The summed E-state index contributed by atoms with van der Waals surface area (Å²) in [5.41, 5.74) is 0.571. The minimum Gasteiger partial charge on any atom is -0.384 e. The van der Waals surface area contributed by atoms with Crippen LogP contribution in [0.2, 0.25) is 0 Å². The van der Waals surface area contributed by atoms with Crippen LogP contribution in [0.4, 0.5) is 5.69 Å². The van der Waals surface area contributed by atoms with Gasteiger partial charge in [0, 0.05) is 32.5 Å². The smallest absolute Gasteiger partial charge is 0.294 e. The molecular formula is C17H20N4O4. The molecule has 0 saturated carbocycles. The molecule has 0 spiro atoms. The lowest BCUT2D eigenvalue weighted by molar-refractivity contribution is -0.384. The molecule has 1 aliphatic heterocycles. The molecule has 1 aliphatic rings. The number of piperidine rings is 1. The zero-order valence-electron chi connectivity index (χ0n) is 14.0. The summed E-state index contributed by atoms with van der Waals surface area (Å²) in [7, 11) is 1.66. The molecule has 1 atom stereocenters. The van der Waals surface area contributed by atoms with E-state index in [1.807, 2.05) is 0 Å². The van der Waals surface area contributed by atoms with Crippen LogP contribution >= 0.6 is 0 Å². The molecule has 1 amide bonds. The molecule has 2 aromatic rings. The summed E-state index contributed by atoms with van der Waals surface area (Å²) in [4.78, 5) is 25.2. The average Bonchev–Trinajstić information content (AvgIpc) is 3.11. The van der Waals surface area contributed by atoms with Crippen LogP contribution in [0.25, 0.3) is 5.69 Å². The number of aromatic nitrogens is 2. The van der Waals surface area contributed by atoms with Gasteiger partial charge in [-0.15, -0.1) is 0 Å². The number of benzene rings is 1. The van der Waals surface area contributed by atoms with Crippen molar-refractivity contribution in [3.63, 3.8) is 0 Å². The third-order valence-electron chi connectivity index (χ3n) is 4.34. The molecule has 1 saturated heterocycles. The number of hydrogen-bond acceptors (Lipinski definition) is 5. The van der Waals surface area contributed by atoms with Crippen LogP contribution in [0.1, 0.15) is 23.3 Å². The molecule has 0 radical (unpaired) electrons. The fourth-order valence-corrected chi connectivity index (χ4v) is 3.17. The van der Waals surface area contributed by atoms with Crippen LogP contribution in [-0.4, -0.2) is 52.3 Å². The predicted molar refractivity (Wildman–Crippen MR) is 90.7 cm³/mol. The van der Waals surface area contributed by atoms with Gasteiger partial charge in [0.25, 0.3) is 11.6 Å². The highest BCUT2D eigenvalue weighted by Crippen LogP contribution is 2.23. The summed E-state index contributed by atoms with van der Waals surface area (Å²) in [6.45, 7) is 1.97. The van der Waals surface area contributed by atoms with Crippen molar-refractivity contribution in [2.75, 3.05) is 26.8 Å². The van der Waals surface area contributed by atoms with E-state index < -0.39 is 4.92 Å². The first kappa shape index (κ1) is 17.1. The van der Waals surface area contributed by atoms with Crippen molar-refractivity contribution in [1.82, 2.24) is 14.7 Å². The summed E-state index contributed by atoms with van der Waals surface area (Å²) in [6.07, 6.45) is 3.55. The molecule has 0 N–H and O–H groups in total. The highest BCUT2D eigenvalue weighted by molar-refractivity contribution is 5.92. The standard InChI is InChI=1S/C17H20N4O4/c1-25-12-13-5-4-9-19(11-13)17(22)14-8-10-20(18-14)15-6-2-3-7-16(15)21(23)24/h2-3,6-8,10,13H,4-5,9,11-12H2,1H3/t13-/m1/s1. The number of nitro groups is 1. The Labute approximate surface area is 145 Å². The molecular weight excluding hydrogens is 324 g/mol. The summed E-state index contributed by atoms with van der Waals surface area (Å²) in [5, 5.41) is 15.4. The predicted octanol–water partition coefficient (Wildman–Crippen LogP) is 2.28. The number of hydrogen-bond donors (Lipinski definition) is 0. The number of rotatable bonds is 5. The van der Waals surface area contributed by atoms with Crippen LogP contribution in [0.3, 0.4) is 0 Å². The van der Waals surface area contributed by atoms with Crippen molar-refractivity contribution in [2.45, 2.75) is 12.8 Å². The third kappa shape index (κ3) is 3.69. The first-order chi connectivity index (χ1) is 12.1. The van der Waals surface area contributed by atoms with Crippen molar-refractivity contribution < 1.29 is 14.5 Å². The van der Waals surface area contributed by atoms with Crippen molar-refractivity contribution in [3.8, 4) is 5.69 Å². The molecule has 1 aromatic carbocycles. The van der Waals surface area contributed by atoms with Gasteiger partial charge in [0.1, 0.15) is 5.69 Å². The van der Waals surface area contributed by atoms with Gasteiger partial charge in [0.15, 0.2) is 5.69 Å². The monoisotopic (exact) mass is 344 g/mol. The summed E-state index contributed by atoms with van der Waals surface area (Å²) in [5.74, 6) is 0.179. The number of likely N-dealkylation sites (tertiary alicyclic amines) is 1. The maximum absolute atomic E-state index is 12.7. The van der Waals surface area contributed by atoms with E-state index in [1.54, 1.807) is 42.5 Å². The molecule has 8 heteroatoms. The molecule has 0 aliphatic carbocycles. The van der Waals surface area contributed by atoms with Gasteiger partial charge in [-0.05, 0) is 30.9 Å². The highest BCUT2D eigenvalue weighted by Gasteiger charge is 2.26. The van der Waals surface area contributed by atoms with E-state index in [9.17, 15) is 14.9 Å². The van der Waals surface area contributed by atoms with Crippen molar-refractivity contribution in [2.24, 2.45) is 5.92 Å². The molecule has 132 valence electrons. The number of para-hydroxylation sites is 2. The molecule has 8 nitrogen and oxygen atoms in total. The number of carbonyl (C=O) groups excluding carboxylic acids is 1. The topological polar surface area (TPSA) is 90.5 Å². The molecule has 1 aromatic heterocycles. The molecule has 0 unspecified atom stereocenters. The van der Waals surface area contributed by atoms with E-state index in [0.29, 0.717) is 31.3 Å². The fourth-order valence-electron chi connectivity index (χ4n) is 3.17. The lowest BCUT2D eigenvalue weighted by Crippen LogP contribution is -2.41. The first-order valence-corrected chi connectivity index (χ1v) is 8.18. The van der Waals surface area contributed by atoms with Gasteiger partial charge in [0.2, 0.25) is 0 Å². The van der Waals surface area contributed by atoms with Crippen LogP contribution in [0.5, 0.6) is 0 Å². The Kier molecular flexibility index (Phi) is 5.08. The molecule has 25 heavy (non-hydrogen) atoms. The molecule has 0 bridgehead atoms. The Balaban J connectivity index is 1.80. The summed E-state index contributed by atoms with van der Waals surface area (Å²) < 4.78 is 6.57. The Hall–Kier alpha value is -2.74. The average molecular weight is 344 g/mol. The van der Waals surface area contributed by atoms with Gasteiger partial charge < -0.3 is 9.64 Å². The number of methoxy groups -OCH3 is 1. The minimum absolute atomic E-state index is 0.0530.